The summed E-state index contributed by atoms with van der Waals surface area (Å²) in [7, 11) is 0. The fourth-order valence-electron chi connectivity index (χ4n) is 2.40. The van der Waals surface area contributed by atoms with Gasteiger partial charge in [0, 0.05) is 12.6 Å². The predicted molar refractivity (Wildman–Crippen MR) is 78.3 cm³/mol. The zero-order chi connectivity index (χ0) is 14.4. The van der Waals surface area contributed by atoms with Gasteiger partial charge in [0.1, 0.15) is 6.04 Å². The molecule has 4 nitrogen and oxygen atoms in total. The second-order valence-corrected chi connectivity index (χ2v) is 6.08. The zero-order valence-corrected chi connectivity index (χ0v) is 12.6. The SMILES string of the molecule is CC(C)=CCN1CCC(NC(C(=O)O)C(C)C)CC1. The quantitative estimate of drug-likeness (QED) is 0.725. The van der Waals surface area contributed by atoms with E-state index in [9.17, 15) is 9.90 Å². The number of nitrogens with one attached hydrogen (secondary N) is 1. The first-order valence-corrected chi connectivity index (χ1v) is 7.24. The Hall–Kier alpha value is -0.870. The van der Waals surface area contributed by atoms with Gasteiger partial charge in [-0.15, -0.1) is 0 Å². The fraction of sp³-hybridized carbons (Fsp3) is 0.800. The van der Waals surface area contributed by atoms with Gasteiger partial charge >= 0.3 is 5.97 Å². The highest BCUT2D eigenvalue weighted by molar-refractivity contribution is 5.73. The van der Waals surface area contributed by atoms with Crippen molar-refractivity contribution >= 4 is 5.97 Å². The first-order valence-electron chi connectivity index (χ1n) is 7.24. The van der Waals surface area contributed by atoms with Crippen LogP contribution in [-0.2, 0) is 4.79 Å². The third-order valence-corrected chi connectivity index (χ3v) is 3.69. The summed E-state index contributed by atoms with van der Waals surface area (Å²) < 4.78 is 0. The van der Waals surface area contributed by atoms with Gasteiger partial charge in [0.15, 0.2) is 0 Å². The molecule has 1 heterocycles. The number of carbonyl (C=O) groups is 1. The number of carboxylic acid groups (broad SMARTS) is 1. The number of likely N-dealkylation sites (tertiary alicyclic amines) is 1. The van der Waals surface area contributed by atoms with Gasteiger partial charge in [-0.2, -0.15) is 0 Å². The molecule has 0 spiro atoms. The average molecular weight is 268 g/mol. The van der Waals surface area contributed by atoms with Crippen LogP contribution in [0.1, 0.15) is 40.5 Å². The van der Waals surface area contributed by atoms with Gasteiger partial charge in [-0.05, 0) is 45.7 Å². The summed E-state index contributed by atoms with van der Waals surface area (Å²) in [6.45, 7) is 11.3. The first kappa shape index (κ1) is 16.2. The lowest BCUT2D eigenvalue weighted by molar-refractivity contribution is -0.141. The van der Waals surface area contributed by atoms with Crippen LogP contribution in [0.25, 0.3) is 0 Å². The van der Waals surface area contributed by atoms with E-state index in [0.29, 0.717) is 6.04 Å². The van der Waals surface area contributed by atoms with E-state index >= 15 is 0 Å². The topological polar surface area (TPSA) is 52.6 Å². The third-order valence-electron chi connectivity index (χ3n) is 3.69. The van der Waals surface area contributed by atoms with Crippen molar-refractivity contribution < 1.29 is 9.90 Å². The van der Waals surface area contributed by atoms with Crippen molar-refractivity contribution in [1.29, 1.82) is 0 Å². The van der Waals surface area contributed by atoms with Gasteiger partial charge in [-0.3, -0.25) is 9.69 Å². The second-order valence-electron chi connectivity index (χ2n) is 6.08. The number of allylic oxidation sites excluding steroid dienone is 1. The van der Waals surface area contributed by atoms with Gasteiger partial charge in [-0.1, -0.05) is 25.5 Å². The number of aliphatic carboxylic acids is 1. The zero-order valence-electron chi connectivity index (χ0n) is 12.6. The number of piperidine rings is 1. The summed E-state index contributed by atoms with van der Waals surface area (Å²) in [6.07, 6.45) is 4.32. The van der Waals surface area contributed by atoms with E-state index in [4.69, 9.17) is 0 Å². The van der Waals surface area contributed by atoms with E-state index in [0.717, 1.165) is 32.5 Å². The number of hydrogen-bond acceptors (Lipinski definition) is 3. The van der Waals surface area contributed by atoms with Gasteiger partial charge in [-0.25, -0.2) is 0 Å². The predicted octanol–water partition coefficient (Wildman–Crippen LogP) is 2.12. The Morgan fingerprint density at radius 1 is 1.37 bits per heavy atom. The maximum atomic E-state index is 11.2. The van der Waals surface area contributed by atoms with E-state index in [1.807, 2.05) is 13.8 Å². The van der Waals surface area contributed by atoms with E-state index in [1.165, 1.54) is 5.57 Å². The fourth-order valence-corrected chi connectivity index (χ4v) is 2.40. The van der Waals surface area contributed by atoms with Crippen LogP contribution < -0.4 is 5.32 Å². The van der Waals surface area contributed by atoms with Gasteiger partial charge < -0.3 is 10.4 Å². The first-order chi connectivity index (χ1) is 8.90. The highest BCUT2D eigenvalue weighted by atomic mass is 16.4. The molecule has 1 unspecified atom stereocenters. The molecule has 0 aromatic rings. The molecular formula is C15H28N2O2. The molecule has 2 N–H and O–H groups in total. The van der Waals surface area contributed by atoms with Crippen LogP contribution in [0.4, 0.5) is 0 Å². The molecule has 0 aromatic heterocycles. The van der Waals surface area contributed by atoms with Crippen molar-refractivity contribution in [2.75, 3.05) is 19.6 Å². The van der Waals surface area contributed by atoms with Gasteiger partial charge in [0.05, 0.1) is 0 Å². The lowest BCUT2D eigenvalue weighted by Crippen LogP contribution is -2.50. The maximum Gasteiger partial charge on any atom is 0.320 e. The van der Waals surface area contributed by atoms with E-state index in [2.05, 4.69) is 30.1 Å². The van der Waals surface area contributed by atoms with Crippen molar-refractivity contribution in [1.82, 2.24) is 10.2 Å². The second kappa shape index (κ2) is 7.65. The Labute approximate surface area is 116 Å². The molecule has 1 aliphatic heterocycles. The summed E-state index contributed by atoms with van der Waals surface area (Å²) >= 11 is 0. The molecule has 19 heavy (non-hydrogen) atoms. The minimum Gasteiger partial charge on any atom is -0.480 e. The summed E-state index contributed by atoms with van der Waals surface area (Å²) in [5.41, 5.74) is 1.35. The van der Waals surface area contributed by atoms with Crippen molar-refractivity contribution in [3.8, 4) is 0 Å². The van der Waals surface area contributed by atoms with Crippen LogP contribution in [0.15, 0.2) is 11.6 Å². The Kier molecular flexibility index (Phi) is 6.52. The molecule has 0 amide bonds. The standard InChI is InChI=1S/C15H28N2O2/c1-11(2)5-8-17-9-6-13(7-10-17)16-14(12(3)4)15(18)19/h5,12-14,16H,6-10H2,1-4H3,(H,18,19). The van der Waals surface area contributed by atoms with Crippen molar-refractivity contribution in [3.63, 3.8) is 0 Å². The van der Waals surface area contributed by atoms with Crippen LogP contribution in [0.2, 0.25) is 0 Å². The summed E-state index contributed by atoms with van der Waals surface area (Å²) in [6, 6.07) is -0.0826. The molecule has 4 heteroatoms. The molecule has 1 atom stereocenters. The lowest BCUT2D eigenvalue weighted by Gasteiger charge is -2.34. The number of nitrogens with zero attached hydrogens (tertiary/aromatic N) is 1. The monoisotopic (exact) mass is 268 g/mol. The summed E-state index contributed by atoms with van der Waals surface area (Å²) in [5.74, 6) is -0.608. The van der Waals surface area contributed by atoms with Crippen LogP contribution in [-0.4, -0.2) is 47.7 Å². The van der Waals surface area contributed by atoms with E-state index < -0.39 is 12.0 Å². The average Bonchev–Trinajstić information content (AvgIpc) is 2.34. The van der Waals surface area contributed by atoms with Gasteiger partial charge in [0.25, 0.3) is 0 Å². The van der Waals surface area contributed by atoms with Crippen LogP contribution in [0.5, 0.6) is 0 Å². The van der Waals surface area contributed by atoms with Crippen LogP contribution in [0.3, 0.4) is 0 Å². The molecule has 0 radical (unpaired) electrons. The minimum atomic E-state index is -0.734. The van der Waals surface area contributed by atoms with Gasteiger partial charge in [0.2, 0.25) is 0 Å². The largest absolute Gasteiger partial charge is 0.480 e. The molecule has 1 fully saturated rings. The molecule has 1 saturated heterocycles. The summed E-state index contributed by atoms with van der Waals surface area (Å²) in [4.78, 5) is 13.6. The van der Waals surface area contributed by atoms with Crippen LogP contribution in [0, 0.1) is 5.92 Å². The highest BCUT2D eigenvalue weighted by Gasteiger charge is 2.26. The Bertz CT molecular complexity index is 314. The van der Waals surface area contributed by atoms with E-state index in [1.54, 1.807) is 0 Å². The normalized spacial score (nSPS) is 19.4. The lowest BCUT2D eigenvalue weighted by atomic mass is 9.99. The number of hydrogen-bond donors (Lipinski definition) is 2. The molecule has 0 aliphatic carbocycles. The smallest absolute Gasteiger partial charge is 0.320 e. The van der Waals surface area contributed by atoms with Crippen molar-refractivity contribution in [2.24, 2.45) is 5.92 Å². The molecular weight excluding hydrogens is 240 g/mol. The van der Waals surface area contributed by atoms with Crippen molar-refractivity contribution in [3.05, 3.63) is 11.6 Å². The molecule has 1 aliphatic rings. The van der Waals surface area contributed by atoms with Crippen molar-refractivity contribution in [2.45, 2.75) is 52.6 Å². The molecule has 0 bridgehead atoms. The third kappa shape index (κ3) is 5.74. The molecule has 1 rings (SSSR count). The highest BCUT2D eigenvalue weighted by Crippen LogP contribution is 2.13. The Balaban J connectivity index is 2.37. The maximum absolute atomic E-state index is 11.2. The molecule has 0 aromatic carbocycles. The minimum absolute atomic E-state index is 0.126. The Morgan fingerprint density at radius 2 is 1.95 bits per heavy atom. The molecule has 110 valence electrons. The summed E-state index contributed by atoms with van der Waals surface area (Å²) in [5, 5.41) is 12.5. The Morgan fingerprint density at radius 3 is 2.37 bits per heavy atom. The number of carboxylic acids is 1. The van der Waals surface area contributed by atoms with E-state index in [-0.39, 0.29) is 5.92 Å². The van der Waals surface area contributed by atoms with Crippen LogP contribution >= 0.6 is 0 Å². The molecule has 0 saturated carbocycles. The number of rotatable bonds is 6.